The second kappa shape index (κ2) is 9.67. The van der Waals surface area contributed by atoms with Gasteiger partial charge in [0.1, 0.15) is 11.5 Å². The van der Waals surface area contributed by atoms with Gasteiger partial charge in [-0.05, 0) is 49.6 Å². The van der Waals surface area contributed by atoms with Gasteiger partial charge in [-0.2, -0.15) is 5.10 Å². The Morgan fingerprint density at radius 1 is 1.11 bits per heavy atom. The number of benzene rings is 2. The number of carboxylic acids is 1. The average molecular weight is 540 g/mol. The molecule has 0 unspecified atom stereocenters. The number of aromatic carboxylic acids is 1. The molecule has 1 saturated heterocycles. The van der Waals surface area contributed by atoms with Gasteiger partial charge in [0.25, 0.3) is 0 Å². The molecule has 0 amide bonds. The number of hydrogen-bond acceptors (Lipinski definition) is 6. The highest BCUT2D eigenvalue weighted by Crippen LogP contribution is 2.46. The maximum Gasteiger partial charge on any atom is 0.354 e. The number of nitrogens with zero attached hydrogens (tertiary/aromatic N) is 5. The summed E-state index contributed by atoms with van der Waals surface area (Å²) in [5, 5.41) is 20.1. The normalized spacial score (nSPS) is 16.6. The smallest absolute Gasteiger partial charge is 0.354 e. The lowest BCUT2D eigenvalue weighted by Gasteiger charge is -2.36. The monoisotopic (exact) mass is 539 g/mol. The second-order valence-corrected chi connectivity index (χ2v) is 10.6. The van der Waals surface area contributed by atoms with Gasteiger partial charge in [-0.3, -0.25) is 9.58 Å². The van der Waals surface area contributed by atoms with E-state index in [0.717, 1.165) is 80.3 Å². The SMILES string of the molecule is Cn1nc2cc(N3CCN(CCc4c(-c5c(Cl)cccc5Cl)noc4C4CC4)CC3)ccc2c1C(=O)O. The van der Waals surface area contributed by atoms with Crippen molar-refractivity contribution in [1.82, 2.24) is 19.8 Å². The lowest BCUT2D eigenvalue weighted by Crippen LogP contribution is -2.47. The Morgan fingerprint density at radius 2 is 1.84 bits per heavy atom. The van der Waals surface area contributed by atoms with Crippen molar-refractivity contribution in [2.24, 2.45) is 7.05 Å². The fourth-order valence-corrected chi connectivity index (χ4v) is 5.87. The van der Waals surface area contributed by atoms with Gasteiger partial charge in [-0.15, -0.1) is 0 Å². The van der Waals surface area contributed by atoms with Crippen molar-refractivity contribution in [2.75, 3.05) is 37.6 Å². The van der Waals surface area contributed by atoms with Crippen LogP contribution in [-0.4, -0.2) is 63.6 Å². The molecule has 0 spiro atoms. The van der Waals surface area contributed by atoms with Gasteiger partial charge in [0.2, 0.25) is 0 Å². The number of anilines is 1. The van der Waals surface area contributed by atoms with Crippen molar-refractivity contribution in [2.45, 2.75) is 25.2 Å². The maximum absolute atomic E-state index is 11.6. The third-order valence-electron chi connectivity index (χ3n) is 7.40. The highest BCUT2D eigenvalue weighted by molar-refractivity contribution is 6.39. The molecule has 0 atom stereocenters. The molecular weight excluding hydrogens is 513 g/mol. The van der Waals surface area contributed by atoms with Gasteiger partial charge in [0.05, 0.1) is 15.6 Å². The van der Waals surface area contributed by atoms with Crippen molar-refractivity contribution >= 4 is 45.8 Å². The van der Waals surface area contributed by atoms with Crippen LogP contribution in [-0.2, 0) is 13.5 Å². The van der Waals surface area contributed by atoms with Crippen LogP contribution >= 0.6 is 23.2 Å². The van der Waals surface area contributed by atoms with E-state index in [1.54, 1.807) is 7.05 Å². The van der Waals surface area contributed by atoms with Crippen LogP contribution in [0.3, 0.4) is 0 Å². The van der Waals surface area contributed by atoms with E-state index in [0.29, 0.717) is 26.9 Å². The molecule has 0 bridgehead atoms. The van der Waals surface area contributed by atoms with Gasteiger partial charge >= 0.3 is 5.97 Å². The van der Waals surface area contributed by atoms with Crippen molar-refractivity contribution < 1.29 is 14.4 Å². The molecule has 2 fully saturated rings. The molecule has 1 saturated carbocycles. The Hall–Kier alpha value is -3.07. The molecule has 0 radical (unpaired) electrons. The molecule has 6 rings (SSSR count). The fourth-order valence-electron chi connectivity index (χ4n) is 5.29. The van der Waals surface area contributed by atoms with E-state index in [-0.39, 0.29) is 5.69 Å². The van der Waals surface area contributed by atoms with Gasteiger partial charge in [0.15, 0.2) is 5.69 Å². The van der Waals surface area contributed by atoms with Crippen LogP contribution in [0.15, 0.2) is 40.9 Å². The first kappa shape index (κ1) is 24.3. The van der Waals surface area contributed by atoms with Crippen LogP contribution in [0.5, 0.6) is 0 Å². The fraction of sp³-hybridized carbons (Fsp3) is 0.370. The third kappa shape index (κ3) is 4.58. The molecule has 2 aromatic heterocycles. The highest BCUT2D eigenvalue weighted by Gasteiger charge is 2.33. The van der Waals surface area contributed by atoms with Crippen LogP contribution in [0.1, 0.15) is 40.6 Å². The molecule has 1 aliphatic heterocycles. The van der Waals surface area contributed by atoms with E-state index < -0.39 is 5.97 Å². The zero-order valence-corrected chi connectivity index (χ0v) is 22.0. The Labute approximate surface area is 224 Å². The van der Waals surface area contributed by atoms with E-state index >= 15 is 0 Å². The van der Waals surface area contributed by atoms with Crippen LogP contribution in [0, 0.1) is 0 Å². The standard InChI is InChI=1S/C27H27Cl2N5O3/c1-32-25(27(35)36)18-8-7-17(15-22(18)30-32)34-13-11-33(12-14-34)10-9-19-24(31-37-26(19)16-5-6-16)23-20(28)3-2-4-21(23)29/h2-4,7-8,15-16H,5-6,9-14H2,1H3,(H,35,36). The first-order chi connectivity index (χ1) is 17.9. The summed E-state index contributed by atoms with van der Waals surface area (Å²) in [4.78, 5) is 16.3. The van der Waals surface area contributed by atoms with Crippen molar-refractivity contribution in [3.05, 3.63) is 63.5 Å². The Balaban J connectivity index is 1.15. The van der Waals surface area contributed by atoms with E-state index in [1.807, 2.05) is 36.4 Å². The molecule has 10 heteroatoms. The topological polar surface area (TPSA) is 87.6 Å². The lowest BCUT2D eigenvalue weighted by molar-refractivity contribution is 0.0687. The molecule has 4 aromatic rings. The quantitative estimate of drug-likeness (QED) is 0.332. The summed E-state index contributed by atoms with van der Waals surface area (Å²) in [7, 11) is 1.66. The minimum absolute atomic E-state index is 0.211. The summed E-state index contributed by atoms with van der Waals surface area (Å²) in [6.45, 7) is 4.50. The van der Waals surface area contributed by atoms with E-state index in [1.165, 1.54) is 4.68 Å². The predicted molar refractivity (Wildman–Crippen MR) is 144 cm³/mol. The second-order valence-electron chi connectivity index (χ2n) is 9.80. The number of aromatic nitrogens is 3. The summed E-state index contributed by atoms with van der Waals surface area (Å²) in [6, 6.07) is 11.3. The number of rotatable bonds is 7. The zero-order chi connectivity index (χ0) is 25.7. The molecule has 37 heavy (non-hydrogen) atoms. The molecule has 3 heterocycles. The van der Waals surface area contributed by atoms with E-state index in [9.17, 15) is 9.90 Å². The first-order valence-corrected chi connectivity index (χ1v) is 13.3. The van der Waals surface area contributed by atoms with Crippen LogP contribution in [0.25, 0.3) is 22.2 Å². The van der Waals surface area contributed by atoms with Gasteiger partial charge in [-0.1, -0.05) is 34.4 Å². The Morgan fingerprint density at radius 3 is 2.51 bits per heavy atom. The number of carboxylic acid groups (broad SMARTS) is 1. The number of hydrogen-bond donors (Lipinski definition) is 1. The summed E-state index contributed by atoms with van der Waals surface area (Å²) >= 11 is 13.0. The van der Waals surface area contributed by atoms with Gasteiger partial charge < -0.3 is 14.5 Å². The van der Waals surface area contributed by atoms with Gasteiger partial charge in [-0.25, -0.2) is 4.79 Å². The summed E-state index contributed by atoms with van der Waals surface area (Å²) in [5.41, 5.74) is 4.61. The van der Waals surface area contributed by atoms with Crippen molar-refractivity contribution in [1.29, 1.82) is 0 Å². The molecule has 1 N–H and O–H groups in total. The summed E-state index contributed by atoms with van der Waals surface area (Å²) in [5.74, 6) is 0.454. The van der Waals surface area contributed by atoms with Crippen LogP contribution < -0.4 is 4.90 Å². The minimum Gasteiger partial charge on any atom is -0.477 e. The van der Waals surface area contributed by atoms with Crippen LogP contribution in [0.4, 0.5) is 5.69 Å². The van der Waals surface area contributed by atoms with Gasteiger partial charge in [0, 0.05) is 67.9 Å². The number of aryl methyl sites for hydroxylation is 1. The molecule has 2 aliphatic rings. The van der Waals surface area contributed by atoms with E-state index in [4.69, 9.17) is 27.7 Å². The summed E-state index contributed by atoms with van der Waals surface area (Å²) < 4.78 is 7.25. The average Bonchev–Trinajstić information content (AvgIpc) is 3.55. The predicted octanol–water partition coefficient (Wildman–Crippen LogP) is 5.48. The van der Waals surface area contributed by atoms with Crippen molar-refractivity contribution in [3.63, 3.8) is 0 Å². The molecule has 192 valence electrons. The lowest BCUT2D eigenvalue weighted by atomic mass is 10.0. The number of piperazine rings is 1. The molecule has 2 aromatic carbocycles. The van der Waals surface area contributed by atoms with Crippen LogP contribution in [0.2, 0.25) is 10.0 Å². The highest BCUT2D eigenvalue weighted by atomic mass is 35.5. The molecule has 8 nitrogen and oxygen atoms in total. The first-order valence-electron chi connectivity index (χ1n) is 12.5. The summed E-state index contributed by atoms with van der Waals surface area (Å²) in [6.07, 6.45) is 3.08. The zero-order valence-electron chi connectivity index (χ0n) is 20.5. The molecule has 1 aliphatic carbocycles. The van der Waals surface area contributed by atoms with E-state index in [2.05, 4.69) is 20.1 Å². The maximum atomic E-state index is 11.6. The van der Waals surface area contributed by atoms with Crippen molar-refractivity contribution in [3.8, 4) is 11.3 Å². The Bertz CT molecular complexity index is 1460. The minimum atomic E-state index is -0.969. The largest absolute Gasteiger partial charge is 0.477 e. The number of halogens is 2. The number of fused-ring (bicyclic) bond motifs is 1. The molecular formula is C27H27Cl2N5O3. The number of carbonyl (C=O) groups is 1. The Kier molecular flexibility index (Phi) is 6.34. The third-order valence-corrected chi connectivity index (χ3v) is 8.03.